The van der Waals surface area contributed by atoms with Gasteiger partial charge in [-0.3, -0.25) is 10.1 Å². The molecule has 0 aromatic heterocycles. The maximum absolute atomic E-state index is 12.0. The fourth-order valence-electron chi connectivity index (χ4n) is 2.55. The third-order valence-electron chi connectivity index (χ3n) is 3.64. The number of aliphatic hydroxyl groups is 1. The quantitative estimate of drug-likeness (QED) is 0.605. The molecule has 0 radical (unpaired) electrons. The van der Waals surface area contributed by atoms with Crippen LogP contribution in [0.1, 0.15) is 24.8 Å². The number of hydrogen-bond acceptors (Lipinski definition) is 5. The van der Waals surface area contributed by atoms with Crippen molar-refractivity contribution in [1.29, 1.82) is 0 Å². The SMILES string of the molecule is O=[N+]([O-])c1ccccc1CS(=O)(=O)NCC1CCC(O)C1. The second kappa shape index (κ2) is 6.50. The highest BCUT2D eigenvalue weighted by Gasteiger charge is 2.25. The van der Waals surface area contributed by atoms with Crippen molar-refractivity contribution < 1.29 is 18.4 Å². The minimum atomic E-state index is -3.63. The van der Waals surface area contributed by atoms with Crippen molar-refractivity contribution in [2.75, 3.05) is 6.54 Å². The summed E-state index contributed by atoms with van der Waals surface area (Å²) in [7, 11) is -3.63. The maximum Gasteiger partial charge on any atom is 0.273 e. The molecule has 1 aliphatic rings. The molecule has 1 aromatic carbocycles. The highest BCUT2D eigenvalue weighted by molar-refractivity contribution is 7.88. The summed E-state index contributed by atoms with van der Waals surface area (Å²) in [5, 5.41) is 20.3. The van der Waals surface area contributed by atoms with Gasteiger partial charge in [0.05, 0.1) is 16.8 Å². The predicted molar refractivity (Wildman–Crippen MR) is 77.1 cm³/mol. The summed E-state index contributed by atoms with van der Waals surface area (Å²) >= 11 is 0. The molecule has 0 bridgehead atoms. The van der Waals surface area contributed by atoms with Crippen LogP contribution in [0.2, 0.25) is 0 Å². The largest absolute Gasteiger partial charge is 0.393 e. The first-order chi connectivity index (χ1) is 9.87. The Kier molecular flexibility index (Phi) is 4.92. The van der Waals surface area contributed by atoms with Gasteiger partial charge in [-0.2, -0.15) is 0 Å². The van der Waals surface area contributed by atoms with Crippen LogP contribution in [0.25, 0.3) is 0 Å². The van der Waals surface area contributed by atoms with Crippen molar-refractivity contribution in [3.63, 3.8) is 0 Å². The van der Waals surface area contributed by atoms with Gasteiger partial charge in [-0.1, -0.05) is 18.2 Å². The van der Waals surface area contributed by atoms with Crippen LogP contribution in [0.3, 0.4) is 0 Å². The minimum Gasteiger partial charge on any atom is -0.393 e. The van der Waals surface area contributed by atoms with Gasteiger partial charge in [0.2, 0.25) is 10.0 Å². The van der Waals surface area contributed by atoms with Crippen molar-refractivity contribution in [2.45, 2.75) is 31.1 Å². The van der Waals surface area contributed by atoms with Gasteiger partial charge < -0.3 is 5.11 Å². The number of nitro benzene ring substituents is 1. The Hall–Kier alpha value is -1.51. The molecule has 2 N–H and O–H groups in total. The summed E-state index contributed by atoms with van der Waals surface area (Å²) in [6.45, 7) is 0.264. The third kappa shape index (κ3) is 4.48. The second-order valence-corrected chi connectivity index (χ2v) is 7.13. The van der Waals surface area contributed by atoms with Crippen molar-refractivity contribution >= 4 is 15.7 Å². The molecule has 1 aromatic rings. The predicted octanol–water partition coefficient (Wildman–Crippen LogP) is 1.18. The molecule has 2 atom stereocenters. The minimum absolute atomic E-state index is 0.125. The Morgan fingerprint density at radius 1 is 1.33 bits per heavy atom. The topological polar surface area (TPSA) is 110 Å². The fourth-order valence-corrected chi connectivity index (χ4v) is 3.79. The van der Waals surface area contributed by atoms with E-state index in [1.165, 1.54) is 18.2 Å². The molecule has 0 heterocycles. The van der Waals surface area contributed by atoms with E-state index < -0.39 is 20.7 Å². The summed E-state index contributed by atoms with van der Waals surface area (Å²) in [6.07, 6.45) is 1.72. The molecule has 116 valence electrons. The number of nitrogens with one attached hydrogen (secondary N) is 1. The van der Waals surface area contributed by atoms with Gasteiger partial charge in [0.1, 0.15) is 0 Å². The molecule has 1 aliphatic carbocycles. The van der Waals surface area contributed by atoms with Crippen molar-refractivity contribution in [3.05, 3.63) is 39.9 Å². The van der Waals surface area contributed by atoms with E-state index in [0.717, 1.165) is 6.42 Å². The van der Waals surface area contributed by atoms with E-state index in [-0.39, 0.29) is 29.8 Å². The van der Waals surface area contributed by atoms with Crippen molar-refractivity contribution in [1.82, 2.24) is 4.72 Å². The molecule has 8 heteroatoms. The van der Waals surface area contributed by atoms with Crippen LogP contribution in [-0.4, -0.2) is 31.1 Å². The fraction of sp³-hybridized carbons (Fsp3) is 0.538. The highest BCUT2D eigenvalue weighted by atomic mass is 32.2. The lowest BCUT2D eigenvalue weighted by atomic mass is 10.1. The number of aliphatic hydroxyl groups excluding tert-OH is 1. The van der Waals surface area contributed by atoms with Crippen LogP contribution >= 0.6 is 0 Å². The molecule has 0 amide bonds. The Labute approximate surface area is 123 Å². The molecule has 2 unspecified atom stereocenters. The van der Waals surface area contributed by atoms with Crippen LogP contribution in [0, 0.1) is 16.0 Å². The second-order valence-electron chi connectivity index (χ2n) is 5.33. The molecule has 0 saturated heterocycles. The monoisotopic (exact) mass is 314 g/mol. The van der Waals surface area contributed by atoms with E-state index in [4.69, 9.17) is 0 Å². The average Bonchev–Trinajstić information content (AvgIpc) is 2.82. The van der Waals surface area contributed by atoms with Crippen LogP contribution in [0.15, 0.2) is 24.3 Å². The van der Waals surface area contributed by atoms with E-state index in [9.17, 15) is 23.6 Å². The Morgan fingerprint density at radius 2 is 2.05 bits per heavy atom. The first-order valence-corrected chi connectivity index (χ1v) is 8.40. The van der Waals surface area contributed by atoms with Gasteiger partial charge in [-0.15, -0.1) is 0 Å². The van der Waals surface area contributed by atoms with Gasteiger partial charge in [0, 0.05) is 18.2 Å². The van der Waals surface area contributed by atoms with Gasteiger partial charge in [0.15, 0.2) is 0 Å². The molecular weight excluding hydrogens is 296 g/mol. The number of hydrogen-bond donors (Lipinski definition) is 2. The van der Waals surface area contributed by atoms with Crippen LogP contribution in [0.5, 0.6) is 0 Å². The maximum atomic E-state index is 12.0. The molecule has 2 rings (SSSR count). The van der Waals surface area contributed by atoms with Gasteiger partial charge in [-0.25, -0.2) is 13.1 Å². The van der Waals surface area contributed by atoms with Gasteiger partial charge >= 0.3 is 0 Å². The lowest BCUT2D eigenvalue weighted by Gasteiger charge is -2.11. The van der Waals surface area contributed by atoms with E-state index in [1.807, 2.05) is 0 Å². The number of nitrogens with zero attached hydrogens (tertiary/aromatic N) is 1. The zero-order valence-electron chi connectivity index (χ0n) is 11.4. The van der Waals surface area contributed by atoms with Crippen LogP contribution in [0.4, 0.5) is 5.69 Å². The zero-order valence-corrected chi connectivity index (χ0v) is 12.3. The summed E-state index contributed by atoms with van der Waals surface area (Å²) < 4.78 is 26.5. The summed E-state index contributed by atoms with van der Waals surface area (Å²) in [5.41, 5.74) is -0.0272. The Bertz CT molecular complexity index is 617. The number of rotatable bonds is 6. The molecule has 0 spiro atoms. The summed E-state index contributed by atoms with van der Waals surface area (Å²) in [4.78, 5) is 10.3. The van der Waals surface area contributed by atoms with Gasteiger partial charge in [-0.05, 0) is 25.2 Å². The highest BCUT2D eigenvalue weighted by Crippen LogP contribution is 2.25. The normalized spacial score (nSPS) is 22.3. The number of nitro groups is 1. The molecular formula is C13H18N2O5S. The van der Waals surface area contributed by atoms with E-state index in [0.29, 0.717) is 12.8 Å². The number of sulfonamides is 1. The third-order valence-corrected chi connectivity index (χ3v) is 4.94. The molecule has 21 heavy (non-hydrogen) atoms. The summed E-state index contributed by atoms with van der Waals surface area (Å²) in [5.74, 6) is -0.292. The number of benzene rings is 1. The standard InChI is InChI=1S/C13H18N2O5S/c16-12-6-5-10(7-12)8-14-21(19,20)9-11-3-1-2-4-13(11)15(17)18/h1-4,10,12,14,16H,5-9H2. The van der Waals surface area contributed by atoms with Gasteiger partial charge in [0.25, 0.3) is 5.69 Å². The van der Waals surface area contributed by atoms with Crippen molar-refractivity contribution in [2.24, 2.45) is 5.92 Å². The lowest BCUT2D eigenvalue weighted by Crippen LogP contribution is -2.30. The first-order valence-electron chi connectivity index (χ1n) is 6.75. The molecule has 1 saturated carbocycles. The Balaban J connectivity index is 1.99. The molecule has 0 aliphatic heterocycles. The van der Waals surface area contributed by atoms with E-state index >= 15 is 0 Å². The Morgan fingerprint density at radius 3 is 2.67 bits per heavy atom. The zero-order chi connectivity index (χ0) is 15.5. The lowest BCUT2D eigenvalue weighted by molar-refractivity contribution is -0.385. The first kappa shape index (κ1) is 15.9. The molecule has 7 nitrogen and oxygen atoms in total. The van der Waals surface area contributed by atoms with Crippen molar-refractivity contribution in [3.8, 4) is 0 Å². The smallest absolute Gasteiger partial charge is 0.273 e. The van der Waals surface area contributed by atoms with E-state index in [1.54, 1.807) is 6.07 Å². The van der Waals surface area contributed by atoms with Crippen LogP contribution in [-0.2, 0) is 15.8 Å². The molecule has 1 fully saturated rings. The average molecular weight is 314 g/mol. The summed E-state index contributed by atoms with van der Waals surface area (Å²) in [6, 6.07) is 5.81. The number of para-hydroxylation sites is 1. The van der Waals surface area contributed by atoms with E-state index in [2.05, 4.69) is 4.72 Å². The van der Waals surface area contributed by atoms with Crippen LogP contribution < -0.4 is 4.72 Å².